The monoisotopic (exact) mass is 219 g/mol. The standard InChI is InChI=1S/C11H13N3O2/c1-3-7-14(8-4-2)10-6-5-9(11(15)16)12-13-10/h3-6H,1-2,7-8H2,(H,15,16). The van der Waals surface area contributed by atoms with Crippen LogP contribution < -0.4 is 4.90 Å². The molecule has 0 saturated heterocycles. The SMILES string of the molecule is C=CCN(CC=C)c1ccc(C(=O)O)nn1. The average molecular weight is 219 g/mol. The molecular weight excluding hydrogens is 206 g/mol. The van der Waals surface area contributed by atoms with Crippen LogP contribution >= 0.6 is 0 Å². The lowest BCUT2D eigenvalue weighted by Crippen LogP contribution is -2.24. The second-order valence-electron chi connectivity index (χ2n) is 3.06. The van der Waals surface area contributed by atoms with E-state index in [2.05, 4.69) is 23.4 Å². The van der Waals surface area contributed by atoms with Crippen molar-refractivity contribution in [3.63, 3.8) is 0 Å². The lowest BCUT2D eigenvalue weighted by molar-refractivity contribution is 0.0689. The molecule has 84 valence electrons. The highest BCUT2D eigenvalue weighted by Crippen LogP contribution is 2.09. The maximum absolute atomic E-state index is 10.6. The summed E-state index contributed by atoms with van der Waals surface area (Å²) in [6.45, 7) is 8.48. The van der Waals surface area contributed by atoms with Gasteiger partial charge in [-0.25, -0.2) is 4.79 Å². The molecule has 0 aromatic carbocycles. The van der Waals surface area contributed by atoms with Gasteiger partial charge in [0.15, 0.2) is 11.5 Å². The van der Waals surface area contributed by atoms with Gasteiger partial charge in [-0.05, 0) is 12.1 Å². The zero-order valence-electron chi connectivity index (χ0n) is 8.83. The van der Waals surface area contributed by atoms with Crippen molar-refractivity contribution in [2.24, 2.45) is 0 Å². The zero-order chi connectivity index (χ0) is 12.0. The molecule has 0 radical (unpaired) electrons. The Balaban J connectivity index is 2.88. The number of carboxylic acid groups (broad SMARTS) is 1. The van der Waals surface area contributed by atoms with Crippen LogP contribution in [-0.4, -0.2) is 34.4 Å². The molecule has 0 amide bonds. The zero-order valence-corrected chi connectivity index (χ0v) is 8.83. The first-order valence-corrected chi connectivity index (χ1v) is 4.72. The van der Waals surface area contributed by atoms with Crippen molar-refractivity contribution in [1.82, 2.24) is 10.2 Å². The van der Waals surface area contributed by atoms with Crippen LogP contribution in [0.3, 0.4) is 0 Å². The molecule has 0 unspecified atom stereocenters. The third-order valence-corrected chi connectivity index (χ3v) is 1.89. The summed E-state index contributed by atoms with van der Waals surface area (Å²) in [7, 11) is 0. The highest BCUT2D eigenvalue weighted by atomic mass is 16.4. The molecule has 1 heterocycles. The first-order valence-electron chi connectivity index (χ1n) is 4.72. The summed E-state index contributed by atoms with van der Waals surface area (Å²) < 4.78 is 0. The molecule has 0 spiro atoms. The largest absolute Gasteiger partial charge is 0.476 e. The van der Waals surface area contributed by atoms with Gasteiger partial charge in [0, 0.05) is 13.1 Å². The quantitative estimate of drug-likeness (QED) is 0.731. The number of aromatic carboxylic acids is 1. The number of hydrogen-bond acceptors (Lipinski definition) is 4. The molecule has 5 heteroatoms. The lowest BCUT2D eigenvalue weighted by atomic mass is 10.3. The Kier molecular flexibility index (Phi) is 4.20. The summed E-state index contributed by atoms with van der Waals surface area (Å²) in [5, 5.41) is 16.1. The van der Waals surface area contributed by atoms with E-state index in [0.29, 0.717) is 18.9 Å². The fourth-order valence-corrected chi connectivity index (χ4v) is 1.18. The van der Waals surface area contributed by atoms with E-state index in [1.165, 1.54) is 6.07 Å². The summed E-state index contributed by atoms with van der Waals surface area (Å²) in [4.78, 5) is 12.5. The van der Waals surface area contributed by atoms with Gasteiger partial charge in [0.25, 0.3) is 0 Å². The summed E-state index contributed by atoms with van der Waals surface area (Å²) >= 11 is 0. The second kappa shape index (κ2) is 5.65. The van der Waals surface area contributed by atoms with Gasteiger partial charge in [-0.15, -0.1) is 23.4 Å². The first kappa shape index (κ1) is 11.9. The number of anilines is 1. The van der Waals surface area contributed by atoms with Gasteiger partial charge in [0.2, 0.25) is 0 Å². The minimum atomic E-state index is -1.09. The molecule has 1 rings (SSSR count). The van der Waals surface area contributed by atoms with E-state index in [4.69, 9.17) is 5.11 Å². The number of aromatic nitrogens is 2. The summed E-state index contributed by atoms with van der Waals surface area (Å²) in [5.74, 6) is -0.483. The molecule has 0 fully saturated rings. The topological polar surface area (TPSA) is 66.3 Å². The van der Waals surface area contributed by atoms with Crippen LogP contribution in [0.2, 0.25) is 0 Å². The van der Waals surface area contributed by atoms with E-state index in [1.54, 1.807) is 18.2 Å². The van der Waals surface area contributed by atoms with Crippen molar-refractivity contribution >= 4 is 11.8 Å². The fourth-order valence-electron chi connectivity index (χ4n) is 1.18. The molecule has 0 aliphatic carbocycles. The van der Waals surface area contributed by atoms with Crippen LogP contribution in [0.1, 0.15) is 10.5 Å². The predicted octanol–water partition coefficient (Wildman–Crippen LogP) is 1.35. The van der Waals surface area contributed by atoms with E-state index in [-0.39, 0.29) is 5.69 Å². The third kappa shape index (κ3) is 2.91. The van der Waals surface area contributed by atoms with E-state index in [1.807, 2.05) is 4.90 Å². The Hall–Kier alpha value is -2.17. The van der Waals surface area contributed by atoms with Gasteiger partial charge in [0.05, 0.1) is 0 Å². The van der Waals surface area contributed by atoms with Crippen molar-refractivity contribution in [2.45, 2.75) is 0 Å². The Bertz CT molecular complexity index is 377. The van der Waals surface area contributed by atoms with E-state index >= 15 is 0 Å². The van der Waals surface area contributed by atoms with Crippen LogP contribution in [0.25, 0.3) is 0 Å². The first-order chi connectivity index (χ1) is 7.69. The third-order valence-electron chi connectivity index (χ3n) is 1.89. The van der Waals surface area contributed by atoms with Crippen LogP contribution in [-0.2, 0) is 0 Å². The maximum atomic E-state index is 10.6. The normalized spacial score (nSPS) is 9.50. The predicted molar refractivity (Wildman–Crippen MR) is 61.6 cm³/mol. The van der Waals surface area contributed by atoms with Crippen molar-refractivity contribution in [2.75, 3.05) is 18.0 Å². The molecular formula is C11H13N3O2. The van der Waals surface area contributed by atoms with Crippen molar-refractivity contribution < 1.29 is 9.90 Å². The Labute approximate surface area is 93.7 Å². The highest BCUT2D eigenvalue weighted by molar-refractivity contribution is 5.85. The Morgan fingerprint density at radius 3 is 2.31 bits per heavy atom. The molecule has 0 saturated carbocycles. The summed E-state index contributed by atoms with van der Waals surface area (Å²) in [5.41, 5.74) is -0.0686. The average Bonchev–Trinajstić information content (AvgIpc) is 2.29. The van der Waals surface area contributed by atoms with Gasteiger partial charge >= 0.3 is 5.97 Å². The van der Waals surface area contributed by atoms with E-state index in [0.717, 1.165) is 0 Å². The minimum absolute atomic E-state index is 0.0686. The molecule has 0 atom stereocenters. The number of hydrogen-bond donors (Lipinski definition) is 1. The molecule has 0 aliphatic rings. The Morgan fingerprint density at radius 2 is 1.94 bits per heavy atom. The Morgan fingerprint density at radius 1 is 1.31 bits per heavy atom. The van der Waals surface area contributed by atoms with Crippen LogP contribution in [0.5, 0.6) is 0 Å². The van der Waals surface area contributed by atoms with Gasteiger partial charge in [-0.2, -0.15) is 0 Å². The van der Waals surface area contributed by atoms with Crippen LogP contribution in [0, 0.1) is 0 Å². The molecule has 5 nitrogen and oxygen atoms in total. The molecule has 1 aromatic heterocycles. The van der Waals surface area contributed by atoms with Crippen LogP contribution in [0.4, 0.5) is 5.82 Å². The molecule has 16 heavy (non-hydrogen) atoms. The lowest BCUT2D eigenvalue weighted by Gasteiger charge is -2.19. The van der Waals surface area contributed by atoms with Crippen LogP contribution in [0.15, 0.2) is 37.4 Å². The molecule has 0 bridgehead atoms. The van der Waals surface area contributed by atoms with Gasteiger partial charge in [0.1, 0.15) is 0 Å². The maximum Gasteiger partial charge on any atom is 0.356 e. The second-order valence-corrected chi connectivity index (χ2v) is 3.06. The van der Waals surface area contributed by atoms with E-state index in [9.17, 15) is 4.79 Å². The summed E-state index contributed by atoms with van der Waals surface area (Å²) in [6.07, 6.45) is 3.46. The van der Waals surface area contributed by atoms with Gasteiger partial charge in [-0.3, -0.25) is 0 Å². The number of carbonyl (C=O) groups is 1. The number of nitrogens with zero attached hydrogens (tertiary/aromatic N) is 3. The molecule has 0 aliphatic heterocycles. The van der Waals surface area contributed by atoms with Gasteiger partial charge in [-0.1, -0.05) is 12.2 Å². The van der Waals surface area contributed by atoms with E-state index < -0.39 is 5.97 Å². The van der Waals surface area contributed by atoms with Crippen molar-refractivity contribution in [1.29, 1.82) is 0 Å². The van der Waals surface area contributed by atoms with Gasteiger partial charge < -0.3 is 10.0 Å². The van der Waals surface area contributed by atoms with Crippen molar-refractivity contribution in [3.8, 4) is 0 Å². The highest BCUT2D eigenvalue weighted by Gasteiger charge is 2.08. The molecule has 1 aromatic rings. The summed E-state index contributed by atoms with van der Waals surface area (Å²) in [6, 6.07) is 3.04. The smallest absolute Gasteiger partial charge is 0.356 e. The number of rotatable bonds is 6. The number of carboxylic acids is 1. The fraction of sp³-hybridized carbons (Fsp3) is 0.182. The van der Waals surface area contributed by atoms with Crippen molar-refractivity contribution in [3.05, 3.63) is 43.1 Å². The minimum Gasteiger partial charge on any atom is -0.476 e. The molecule has 1 N–H and O–H groups in total.